The maximum atomic E-state index is 10.7. The Labute approximate surface area is 117 Å². The topological polar surface area (TPSA) is 40.5 Å². The fraction of sp³-hybridized carbons (Fsp3) is 0.500. The second kappa shape index (κ2) is 6.90. The van der Waals surface area contributed by atoms with Crippen molar-refractivity contribution in [1.29, 1.82) is 0 Å². The van der Waals surface area contributed by atoms with Crippen molar-refractivity contribution in [2.24, 2.45) is 0 Å². The van der Waals surface area contributed by atoms with Crippen molar-refractivity contribution in [3.8, 4) is 0 Å². The Bertz CT molecular complexity index is 420. The molecule has 1 aromatic rings. The van der Waals surface area contributed by atoms with Crippen LogP contribution in [0.2, 0.25) is 0 Å². The first kappa shape index (κ1) is 15.2. The molecule has 100 valence electrons. The molecule has 0 aliphatic rings. The molecule has 1 atom stereocenters. The van der Waals surface area contributed by atoms with Crippen LogP contribution in [-0.2, 0) is 11.3 Å². The Kier molecular flexibility index (Phi) is 5.82. The molecule has 1 aromatic carbocycles. The van der Waals surface area contributed by atoms with Crippen LogP contribution in [0.5, 0.6) is 0 Å². The predicted molar refractivity (Wildman–Crippen MR) is 76.7 cm³/mol. The molecule has 0 aliphatic carbocycles. The van der Waals surface area contributed by atoms with Crippen LogP contribution in [0.1, 0.15) is 31.4 Å². The lowest BCUT2D eigenvalue weighted by molar-refractivity contribution is -0.138. The molecule has 0 saturated heterocycles. The van der Waals surface area contributed by atoms with Gasteiger partial charge in [0.25, 0.3) is 0 Å². The fourth-order valence-corrected chi connectivity index (χ4v) is 2.25. The normalized spacial score (nSPS) is 12.7. The lowest BCUT2D eigenvalue weighted by atomic mass is 10.1. The minimum atomic E-state index is -0.743. The van der Waals surface area contributed by atoms with Gasteiger partial charge in [-0.1, -0.05) is 35.0 Å². The number of aliphatic carboxylic acids is 1. The van der Waals surface area contributed by atoms with Gasteiger partial charge in [-0.15, -0.1) is 0 Å². The van der Waals surface area contributed by atoms with Crippen molar-refractivity contribution >= 4 is 21.9 Å². The number of carbonyl (C=O) groups is 1. The number of rotatable bonds is 6. The van der Waals surface area contributed by atoms with E-state index in [4.69, 9.17) is 5.11 Å². The van der Waals surface area contributed by atoms with E-state index in [1.807, 2.05) is 13.0 Å². The first-order chi connectivity index (χ1) is 8.43. The first-order valence-corrected chi connectivity index (χ1v) is 6.94. The van der Waals surface area contributed by atoms with E-state index in [0.717, 1.165) is 17.6 Å². The molecule has 1 N–H and O–H groups in total. The van der Waals surface area contributed by atoms with Crippen molar-refractivity contribution in [2.75, 3.05) is 6.54 Å². The molecule has 0 heterocycles. The van der Waals surface area contributed by atoms with Crippen LogP contribution < -0.4 is 0 Å². The first-order valence-electron chi connectivity index (χ1n) is 6.15. The summed E-state index contributed by atoms with van der Waals surface area (Å²) in [7, 11) is 0. The van der Waals surface area contributed by atoms with Gasteiger partial charge in [0, 0.05) is 17.1 Å². The lowest BCUT2D eigenvalue weighted by Gasteiger charge is -2.27. The summed E-state index contributed by atoms with van der Waals surface area (Å²) in [5.74, 6) is -0.743. The summed E-state index contributed by atoms with van der Waals surface area (Å²) in [6.45, 7) is 7.72. The van der Waals surface area contributed by atoms with Crippen LogP contribution in [0.4, 0.5) is 0 Å². The summed E-state index contributed by atoms with van der Waals surface area (Å²) in [6.07, 6.45) is 0.184. The van der Waals surface area contributed by atoms with Gasteiger partial charge >= 0.3 is 5.97 Å². The molecule has 0 aromatic heterocycles. The van der Waals surface area contributed by atoms with Crippen molar-refractivity contribution in [1.82, 2.24) is 4.90 Å². The monoisotopic (exact) mass is 313 g/mol. The standard InChI is InChI=1S/C14H20BrNO2/c1-4-16(11(3)8-14(17)18)9-12-5-6-13(15)10(2)7-12/h5-7,11H,4,8-9H2,1-3H3,(H,17,18). The SMILES string of the molecule is CCN(Cc1ccc(Br)c(C)c1)C(C)CC(=O)O. The lowest BCUT2D eigenvalue weighted by Crippen LogP contribution is -2.34. The predicted octanol–water partition coefficient (Wildman–Crippen LogP) is 3.44. The zero-order valence-electron chi connectivity index (χ0n) is 11.1. The number of hydrogen-bond donors (Lipinski definition) is 1. The molecule has 0 aliphatic heterocycles. The Morgan fingerprint density at radius 1 is 1.50 bits per heavy atom. The quantitative estimate of drug-likeness (QED) is 0.874. The van der Waals surface area contributed by atoms with Gasteiger partial charge in [-0.05, 0) is 37.6 Å². The summed E-state index contributed by atoms with van der Waals surface area (Å²) >= 11 is 3.48. The Balaban J connectivity index is 2.72. The minimum absolute atomic E-state index is 0.0523. The average Bonchev–Trinajstić information content (AvgIpc) is 2.29. The van der Waals surface area contributed by atoms with Gasteiger partial charge in [-0.25, -0.2) is 0 Å². The van der Waals surface area contributed by atoms with Crippen LogP contribution in [0.15, 0.2) is 22.7 Å². The van der Waals surface area contributed by atoms with E-state index in [2.05, 4.69) is 46.8 Å². The summed E-state index contributed by atoms with van der Waals surface area (Å²) < 4.78 is 1.10. The summed E-state index contributed by atoms with van der Waals surface area (Å²) in [5, 5.41) is 8.84. The molecule has 0 spiro atoms. The third kappa shape index (κ3) is 4.42. The van der Waals surface area contributed by atoms with E-state index < -0.39 is 5.97 Å². The van der Waals surface area contributed by atoms with Crippen LogP contribution in [0.3, 0.4) is 0 Å². The highest BCUT2D eigenvalue weighted by atomic mass is 79.9. The average molecular weight is 314 g/mol. The Morgan fingerprint density at radius 2 is 2.17 bits per heavy atom. The molecule has 1 rings (SSSR count). The zero-order chi connectivity index (χ0) is 13.7. The number of hydrogen-bond acceptors (Lipinski definition) is 2. The molecule has 3 nitrogen and oxygen atoms in total. The molecule has 0 radical (unpaired) electrons. The molecule has 0 amide bonds. The summed E-state index contributed by atoms with van der Waals surface area (Å²) in [6, 6.07) is 6.31. The molecular weight excluding hydrogens is 294 g/mol. The maximum absolute atomic E-state index is 10.7. The molecule has 1 unspecified atom stereocenters. The van der Waals surface area contributed by atoms with Crippen LogP contribution in [0, 0.1) is 6.92 Å². The van der Waals surface area contributed by atoms with Gasteiger partial charge in [-0.3, -0.25) is 9.69 Å². The second-order valence-electron chi connectivity index (χ2n) is 4.59. The smallest absolute Gasteiger partial charge is 0.304 e. The highest BCUT2D eigenvalue weighted by Crippen LogP contribution is 2.19. The van der Waals surface area contributed by atoms with Gasteiger partial charge in [0.2, 0.25) is 0 Å². The number of benzene rings is 1. The maximum Gasteiger partial charge on any atom is 0.304 e. The van der Waals surface area contributed by atoms with E-state index in [1.165, 1.54) is 11.1 Å². The van der Waals surface area contributed by atoms with Crippen molar-refractivity contribution in [3.05, 3.63) is 33.8 Å². The van der Waals surface area contributed by atoms with E-state index in [0.29, 0.717) is 0 Å². The van der Waals surface area contributed by atoms with Crippen molar-refractivity contribution in [2.45, 2.75) is 39.8 Å². The van der Waals surface area contributed by atoms with Gasteiger partial charge < -0.3 is 5.11 Å². The molecule has 0 saturated carbocycles. The number of aryl methyl sites for hydroxylation is 1. The van der Waals surface area contributed by atoms with Gasteiger partial charge in [0.1, 0.15) is 0 Å². The number of carboxylic acid groups (broad SMARTS) is 1. The minimum Gasteiger partial charge on any atom is -0.481 e. The van der Waals surface area contributed by atoms with Gasteiger partial charge in [0.05, 0.1) is 6.42 Å². The molecular formula is C14H20BrNO2. The fourth-order valence-electron chi connectivity index (χ4n) is 2.00. The highest BCUT2D eigenvalue weighted by Gasteiger charge is 2.15. The van der Waals surface area contributed by atoms with Crippen molar-refractivity contribution in [3.63, 3.8) is 0 Å². The highest BCUT2D eigenvalue weighted by molar-refractivity contribution is 9.10. The third-order valence-corrected chi connectivity index (χ3v) is 4.00. The van der Waals surface area contributed by atoms with Crippen LogP contribution in [-0.4, -0.2) is 28.6 Å². The molecule has 0 fully saturated rings. The number of carboxylic acids is 1. The summed E-state index contributed by atoms with van der Waals surface area (Å²) in [4.78, 5) is 12.9. The van der Waals surface area contributed by atoms with Crippen LogP contribution >= 0.6 is 15.9 Å². The number of halogens is 1. The largest absolute Gasteiger partial charge is 0.481 e. The molecule has 0 bridgehead atoms. The Hall–Kier alpha value is -0.870. The van der Waals surface area contributed by atoms with Crippen LogP contribution in [0.25, 0.3) is 0 Å². The van der Waals surface area contributed by atoms with E-state index >= 15 is 0 Å². The second-order valence-corrected chi connectivity index (χ2v) is 5.45. The van der Waals surface area contributed by atoms with Crippen molar-refractivity contribution < 1.29 is 9.90 Å². The number of nitrogens with zero attached hydrogens (tertiary/aromatic N) is 1. The zero-order valence-corrected chi connectivity index (χ0v) is 12.7. The Morgan fingerprint density at radius 3 is 2.67 bits per heavy atom. The molecule has 18 heavy (non-hydrogen) atoms. The van der Waals surface area contributed by atoms with Gasteiger partial charge in [-0.2, -0.15) is 0 Å². The van der Waals surface area contributed by atoms with E-state index in [1.54, 1.807) is 0 Å². The summed E-state index contributed by atoms with van der Waals surface area (Å²) in [5.41, 5.74) is 2.42. The van der Waals surface area contributed by atoms with E-state index in [-0.39, 0.29) is 12.5 Å². The van der Waals surface area contributed by atoms with E-state index in [9.17, 15) is 4.79 Å². The third-order valence-electron chi connectivity index (χ3n) is 3.11. The molecule has 4 heteroatoms. The van der Waals surface area contributed by atoms with Gasteiger partial charge in [0.15, 0.2) is 0 Å².